The lowest BCUT2D eigenvalue weighted by molar-refractivity contribution is -0.384. The number of amides is 1. The van der Waals surface area contributed by atoms with Gasteiger partial charge in [-0.15, -0.1) is 0 Å². The molecule has 0 N–H and O–H groups in total. The molecule has 1 amide bonds. The monoisotopic (exact) mass is 373 g/mol. The molecular formula is C17H15N3O5S. The fourth-order valence-corrected chi connectivity index (χ4v) is 3.29. The number of thioether (sulfide) groups is 1. The van der Waals surface area contributed by atoms with Crippen molar-refractivity contribution in [2.75, 3.05) is 24.9 Å². The zero-order chi connectivity index (χ0) is 18.7. The van der Waals surface area contributed by atoms with Gasteiger partial charge >= 0.3 is 0 Å². The number of benzene rings is 2. The summed E-state index contributed by atoms with van der Waals surface area (Å²) in [5.41, 5.74) is 1.06. The van der Waals surface area contributed by atoms with Gasteiger partial charge in [0.2, 0.25) is 5.91 Å². The van der Waals surface area contributed by atoms with Gasteiger partial charge in [0.1, 0.15) is 11.5 Å². The molecule has 1 aliphatic heterocycles. The summed E-state index contributed by atoms with van der Waals surface area (Å²) < 4.78 is 10.6. The molecule has 2 aromatic rings. The summed E-state index contributed by atoms with van der Waals surface area (Å²) in [6, 6.07) is 11.0. The average Bonchev–Trinajstić information content (AvgIpc) is 3.01. The van der Waals surface area contributed by atoms with Crippen molar-refractivity contribution in [3.05, 3.63) is 52.6 Å². The number of hydrogen-bond acceptors (Lipinski definition) is 7. The van der Waals surface area contributed by atoms with Crippen LogP contribution in [0.25, 0.3) is 0 Å². The molecule has 0 aromatic heterocycles. The summed E-state index contributed by atoms with van der Waals surface area (Å²) in [5.74, 6) is 1.22. The lowest BCUT2D eigenvalue weighted by Crippen LogP contribution is -2.29. The van der Waals surface area contributed by atoms with Crippen LogP contribution in [0, 0.1) is 10.1 Å². The van der Waals surface area contributed by atoms with Gasteiger partial charge in [0, 0.05) is 18.2 Å². The number of nitrogens with zero attached hydrogens (tertiary/aromatic N) is 3. The number of nitro groups is 1. The number of amidine groups is 1. The average molecular weight is 373 g/mol. The molecule has 9 heteroatoms. The number of non-ortho nitro benzene ring substituents is 1. The maximum absolute atomic E-state index is 12.4. The second-order valence-electron chi connectivity index (χ2n) is 5.22. The van der Waals surface area contributed by atoms with Crippen LogP contribution in [-0.2, 0) is 4.79 Å². The molecule has 2 aromatic carbocycles. The number of carbonyl (C=O) groups excluding carboxylic acids is 1. The highest BCUT2D eigenvalue weighted by molar-refractivity contribution is 8.15. The molecule has 26 heavy (non-hydrogen) atoms. The smallest absolute Gasteiger partial charge is 0.269 e. The Morgan fingerprint density at radius 1 is 1.15 bits per heavy atom. The van der Waals surface area contributed by atoms with Crippen LogP contribution in [-0.4, -0.2) is 36.0 Å². The van der Waals surface area contributed by atoms with Crippen LogP contribution >= 0.6 is 11.8 Å². The van der Waals surface area contributed by atoms with Crippen LogP contribution in [0.2, 0.25) is 0 Å². The van der Waals surface area contributed by atoms with Gasteiger partial charge in [-0.2, -0.15) is 0 Å². The van der Waals surface area contributed by atoms with Gasteiger partial charge in [-0.3, -0.25) is 19.8 Å². The molecule has 0 aliphatic carbocycles. The van der Waals surface area contributed by atoms with Crippen molar-refractivity contribution in [3.8, 4) is 11.5 Å². The molecule has 0 atom stereocenters. The summed E-state index contributed by atoms with van der Waals surface area (Å²) >= 11 is 1.29. The highest BCUT2D eigenvalue weighted by Gasteiger charge is 2.32. The topological polar surface area (TPSA) is 94.3 Å². The minimum absolute atomic E-state index is 0.0159. The molecular weight excluding hydrogens is 358 g/mol. The third-order valence-corrected chi connectivity index (χ3v) is 4.60. The summed E-state index contributed by atoms with van der Waals surface area (Å²) in [4.78, 5) is 28.6. The van der Waals surface area contributed by atoms with Crippen LogP contribution < -0.4 is 14.4 Å². The SMILES string of the molecule is COc1ccc(N2C(=O)CSC2=Nc2ccc([N+](=O)[O-])cc2)c(OC)c1. The van der Waals surface area contributed by atoms with Crippen molar-refractivity contribution in [2.24, 2.45) is 4.99 Å². The number of anilines is 1. The first-order chi connectivity index (χ1) is 12.5. The Morgan fingerprint density at radius 2 is 1.88 bits per heavy atom. The van der Waals surface area contributed by atoms with Gasteiger partial charge in [-0.1, -0.05) is 11.8 Å². The Bertz CT molecular complexity index is 882. The first kappa shape index (κ1) is 17.7. The predicted molar refractivity (Wildman–Crippen MR) is 99.7 cm³/mol. The maximum Gasteiger partial charge on any atom is 0.269 e. The van der Waals surface area contributed by atoms with Crippen molar-refractivity contribution in [1.29, 1.82) is 0 Å². The molecule has 3 rings (SSSR count). The number of carbonyl (C=O) groups is 1. The quantitative estimate of drug-likeness (QED) is 0.589. The number of rotatable bonds is 5. The maximum atomic E-state index is 12.4. The summed E-state index contributed by atoms with van der Waals surface area (Å²) in [6.45, 7) is 0. The lowest BCUT2D eigenvalue weighted by atomic mass is 10.2. The van der Waals surface area contributed by atoms with Crippen LogP contribution in [0.1, 0.15) is 0 Å². The Kier molecular flexibility index (Phi) is 5.08. The van der Waals surface area contributed by atoms with E-state index in [1.54, 1.807) is 25.3 Å². The highest BCUT2D eigenvalue weighted by Crippen LogP contribution is 2.37. The molecule has 8 nitrogen and oxygen atoms in total. The zero-order valence-corrected chi connectivity index (χ0v) is 14.9. The first-order valence-electron chi connectivity index (χ1n) is 7.54. The molecule has 1 aliphatic rings. The minimum atomic E-state index is -0.473. The van der Waals surface area contributed by atoms with E-state index in [-0.39, 0.29) is 17.3 Å². The van der Waals surface area contributed by atoms with Crippen molar-refractivity contribution in [1.82, 2.24) is 0 Å². The fourth-order valence-electron chi connectivity index (χ4n) is 2.41. The number of nitro benzene ring substituents is 1. The summed E-state index contributed by atoms with van der Waals surface area (Å²) in [5, 5.41) is 11.2. The van der Waals surface area contributed by atoms with Crippen molar-refractivity contribution >= 4 is 39.9 Å². The Labute approximate surface area is 153 Å². The number of ether oxygens (including phenoxy) is 2. The van der Waals surface area contributed by atoms with Crippen LogP contribution in [0.5, 0.6) is 11.5 Å². The second kappa shape index (κ2) is 7.44. The number of methoxy groups -OCH3 is 2. The normalized spacial score (nSPS) is 15.4. The molecule has 1 fully saturated rings. The van der Waals surface area contributed by atoms with Crippen LogP contribution in [0.3, 0.4) is 0 Å². The van der Waals surface area contributed by atoms with E-state index >= 15 is 0 Å². The molecule has 134 valence electrons. The Morgan fingerprint density at radius 3 is 2.50 bits per heavy atom. The van der Waals surface area contributed by atoms with Gasteiger partial charge in [0.05, 0.1) is 36.3 Å². The summed E-state index contributed by atoms with van der Waals surface area (Å²) in [6.07, 6.45) is 0. The molecule has 0 unspecified atom stereocenters. The van der Waals surface area contributed by atoms with E-state index in [2.05, 4.69) is 4.99 Å². The van der Waals surface area contributed by atoms with Gasteiger partial charge < -0.3 is 9.47 Å². The van der Waals surface area contributed by atoms with Gasteiger partial charge in [0.25, 0.3) is 5.69 Å². The molecule has 0 spiro atoms. The van der Waals surface area contributed by atoms with E-state index in [0.29, 0.717) is 28.0 Å². The minimum Gasteiger partial charge on any atom is -0.497 e. The third-order valence-electron chi connectivity index (χ3n) is 3.68. The molecule has 0 radical (unpaired) electrons. The largest absolute Gasteiger partial charge is 0.497 e. The highest BCUT2D eigenvalue weighted by atomic mass is 32.2. The summed E-state index contributed by atoms with van der Waals surface area (Å²) in [7, 11) is 3.06. The second-order valence-corrected chi connectivity index (χ2v) is 6.17. The first-order valence-corrected chi connectivity index (χ1v) is 8.53. The molecule has 0 saturated carbocycles. The van der Waals surface area contributed by atoms with Crippen molar-refractivity contribution in [2.45, 2.75) is 0 Å². The van der Waals surface area contributed by atoms with Gasteiger partial charge in [-0.25, -0.2) is 4.99 Å². The Hall–Kier alpha value is -3.07. The van der Waals surface area contributed by atoms with Gasteiger partial charge in [-0.05, 0) is 24.3 Å². The van der Waals surface area contributed by atoms with Crippen LogP contribution in [0.4, 0.5) is 17.1 Å². The van der Waals surface area contributed by atoms with E-state index in [9.17, 15) is 14.9 Å². The standard InChI is InChI=1S/C17H15N3O5S/c1-24-13-7-8-14(15(9-13)25-2)19-16(21)10-26-17(19)18-11-3-5-12(6-4-11)20(22)23/h3-9H,10H2,1-2H3. The van der Waals surface area contributed by atoms with Crippen molar-refractivity contribution < 1.29 is 19.2 Å². The predicted octanol–water partition coefficient (Wildman–Crippen LogP) is 3.38. The van der Waals surface area contributed by atoms with E-state index < -0.39 is 4.92 Å². The van der Waals surface area contributed by atoms with Gasteiger partial charge in [0.15, 0.2) is 5.17 Å². The number of aliphatic imine (C=N–C) groups is 1. The molecule has 1 saturated heterocycles. The molecule has 1 heterocycles. The zero-order valence-electron chi connectivity index (χ0n) is 14.0. The van der Waals surface area contributed by atoms with Crippen LogP contribution in [0.15, 0.2) is 47.5 Å². The fraction of sp³-hybridized carbons (Fsp3) is 0.176. The third kappa shape index (κ3) is 3.47. The van der Waals surface area contributed by atoms with E-state index in [1.165, 1.54) is 48.0 Å². The van der Waals surface area contributed by atoms with E-state index in [0.717, 1.165) is 0 Å². The van der Waals surface area contributed by atoms with Crippen molar-refractivity contribution in [3.63, 3.8) is 0 Å². The Balaban J connectivity index is 1.98. The lowest BCUT2D eigenvalue weighted by Gasteiger charge is -2.19. The number of hydrogen-bond donors (Lipinski definition) is 0. The molecule has 0 bridgehead atoms. The van der Waals surface area contributed by atoms with E-state index in [1.807, 2.05) is 0 Å². The van der Waals surface area contributed by atoms with E-state index in [4.69, 9.17) is 9.47 Å².